The maximum Gasteiger partial charge on any atom is 0.262 e. The highest BCUT2D eigenvalue weighted by atomic mass is 31.1. The van der Waals surface area contributed by atoms with Crippen molar-refractivity contribution in [2.24, 2.45) is 5.84 Å². The highest BCUT2D eigenvalue weighted by Gasteiger charge is 1.59. The van der Waals surface area contributed by atoms with Crippen LogP contribution in [0.1, 0.15) is 0 Å². The topological polar surface area (TPSA) is 67.2 Å². The summed E-state index contributed by atoms with van der Waals surface area (Å²) in [5.41, 5.74) is 1.94. The quantitative estimate of drug-likeness (QED) is 0.236. The molecule has 0 heterocycles. The molecule has 0 aromatic rings. The lowest BCUT2D eigenvalue weighted by Crippen LogP contribution is -2.30. The molecule has 0 amide bonds. The van der Waals surface area contributed by atoms with Crippen LogP contribution in [0.25, 0.3) is 0 Å². The summed E-state index contributed by atoms with van der Waals surface area (Å²) in [7, 11) is -0.206. The minimum atomic E-state index is -0.206. The zero-order valence-electron chi connectivity index (χ0n) is 2.43. The first-order chi connectivity index (χ1) is 2.41. The predicted octanol–water partition coefficient (Wildman–Crippen LogP) is -0.839. The molecule has 4 N–H and O–H groups in total. The van der Waals surface area contributed by atoms with Crippen LogP contribution in [-0.4, -0.2) is 0 Å². The number of hydrogen-bond donors (Lipinski definition) is 3. The normalized spacial score (nSPS) is 9.00. The van der Waals surface area contributed by atoms with Crippen LogP contribution in [0.2, 0.25) is 0 Å². The van der Waals surface area contributed by atoms with E-state index < -0.39 is 0 Å². The summed E-state index contributed by atoms with van der Waals surface area (Å²) in [4.78, 5) is 0. The number of rotatable bonds is 2. The fourth-order valence-electron chi connectivity index (χ4n) is 0.0264. The van der Waals surface area contributed by atoms with Gasteiger partial charge < -0.3 is 0 Å². The van der Waals surface area contributed by atoms with Crippen molar-refractivity contribution >= 4 is 8.61 Å². The smallest absolute Gasteiger partial charge is 0.257 e. The molecule has 0 rings (SSSR count). The van der Waals surface area contributed by atoms with Gasteiger partial charge in [-0.3, -0.25) is 10.4 Å². The van der Waals surface area contributed by atoms with Gasteiger partial charge in [0.05, 0.1) is 0 Å². The van der Waals surface area contributed by atoms with Crippen LogP contribution in [-0.2, 0) is 4.57 Å². The lowest BCUT2D eigenvalue weighted by Gasteiger charge is -1.79. The Bertz CT molecular complexity index is 28.1. The van der Waals surface area contributed by atoms with Crippen molar-refractivity contribution in [3.8, 4) is 0 Å². The molecule has 0 aliphatic heterocycles. The molecular formula is H4N3OP. The number of nitrogens with two attached hydrogens (primary N) is 1. The molecule has 0 spiro atoms. The van der Waals surface area contributed by atoms with Crippen LogP contribution in [0.5, 0.6) is 0 Å². The third-order valence-electron chi connectivity index (χ3n) is 0.110. The van der Waals surface area contributed by atoms with Crippen molar-refractivity contribution in [2.45, 2.75) is 0 Å². The fourth-order valence-corrected chi connectivity index (χ4v) is 0.0791. The van der Waals surface area contributed by atoms with Crippen molar-refractivity contribution in [3.05, 3.63) is 0 Å². The minimum absolute atomic E-state index is 0.206. The van der Waals surface area contributed by atoms with Crippen molar-refractivity contribution < 1.29 is 4.57 Å². The third-order valence-corrected chi connectivity index (χ3v) is 0.331. The standard InChI is InChI=1S/H4N3OP/c1-2-3-5-4/h2H,1H2,(H,3,4). The summed E-state index contributed by atoms with van der Waals surface area (Å²) in [5, 5.41) is 2.06. The lowest BCUT2D eigenvalue weighted by molar-refractivity contribution is 0.579. The van der Waals surface area contributed by atoms with Gasteiger partial charge in [-0.25, -0.2) is 0 Å². The second-order valence-corrected chi connectivity index (χ2v) is 0.754. The highest BCUT2D eigenvalue weighted by Crippen LogP contribution is 1.67. The molecule has 4 nitrogen and oxygen atoms in total. The van der Waals surface area contributed by atoms with Gasteiger partial charge in [0, 0.05) is 0 Å². The maximum absolute atomic E-state index is 9.25. The molecule has 0 unspecified atom stereocenters. The SMILES string of the molecule is NNNP=O. The maximum atomic E-state index is 9.25. The molecule has 0 bridgehead atoms. The molecule has 0 saturated heterocycles. The Morgan fingerprint density at radius 3 is 2.40 bits per heavy atom. The minimum Gasteiger partial charge on any atom is -0.257 e. The van der Waals surface area contributed by atoms with Gasteiger partial charge >= 0.3 is 0 Å². The molecule has 0 saturated carbocycles. The molecule has 0 atom stereocenters. The Labute approximate surface area is 30.9 Å². The average molecular weight is 93.0 g/mol. The van der Waals surface area contributed by atoms with E-state index in [2.05, 4.69) is 11.0 Å². The van der Waals surface area contributed by atoms with E-state index in [0.717, 1.165) is 0 Å². The van der Waals surface area contributed by atoms with E-state index in [1.807, 2.05) is 5.53 Å². The molecule has 0 aromatic carbocycles. The van der Waals surface area contributed by atoms with E-state index in [9.17, 15) is 4.57 Å². The first-order valence-corrected chi connectivity index (χ1v) is 1.76. The summed E-state index contributed by atoms with van der Waals surface area (Å²) >= 11 is 0. The van der Waals surface area contributed by atoms with Crippen LogP contribution in [0.4, 0.5) is 0 Å². The zero-order valence-corrected chi connectivity index (χ0v) is 3.33. The molecule has 5 heteroatoms. The average Bonchev–Trinajstić information content (AvgIpc) is 1.41. The lowest BCUT2D eigenvalue weighted by atomic mass is 12.6. The van der Waals surface area contributed by atoms with Crippen LogP contribution < -0.4 is 16.6 Å². The molecule has 0 radical (unpaired) electrons. The monoisotopic (exact) mass is 93.0 g/mol. The van der Waals surface area contributed by atoms with E-state index in [1.54, 1.807) is 0 Å². The van der Waals surface area contributed by atoms with Crippen LogP contribution in [0.15, 0.2) is 0 Å². The third kappa shape index (κ3) is 3.98. The van der Waals surface area contributed by atoms with Gasteiger partial charge in [0.2, 0.25) is 0 Å². The van der Waals surface area contributed by atoms with Crippen LogP contribution in [0, 0.1) is 0 Å². The van der Waals surface area contributed by atoms with E-state index >= 15 is 0 Å². The van der Waals surface area contributed by atoms with Gasteiger partial charge in [-0.15, -0.1) is 0 Å². The second kappa shape index (κ2) is 3.98. The van der Waals surface area contributed by atoms with Gasteiger partial charge in [-0.2, -0.15) is 10.7 Å². The Morgan fingerprint density at radius 1 is 1.80 bits per heavy atom. The summed E-state index contributed by atoms with van der Waals surface area (Å²) < 4.78 is 9.25. The molecule has 30 valence electrons. The molecule has 0 aromatic heterocycles. The zero-order chi connectivity index (χ0) is 4.12. The van der Waals surface area contributed by atoms with E-state index in [0.29, 0.717) is 0 Å². The van der Waals surface area contributed by atoms with Crippen LogP contribution in [0.3, 0.4) is 0 Å². The van der Waals surface area contributed by atoms with Gasteiger partial charge in [0.15, 0.2) is 0 Å². The number of nitrogens with one attached hydrogen (secondary N) is 2. The van der Waals surface area contributed by atoms with Gasteiger partial charge in [-0.05, 0) is 0 Å². The molecule has 5 heavy (non-hydrogen) atoms. The Hall–Kier alpha value is -0.0200. The second-order valence-electron chi connectivity index (χ2n) is 0.347. The first kappa shape index (κ1) is 4.98. The van der Waals surface area contributed by atoms with Crippen molar-refractivity contribution in [2.75, 3.05) is 0 Å². The number of hydrogen-bond acceptors (Lipinski definition) is 3. The Balaban J connectivity index is 2.40. The summed E-state index contributed by atoms with van der Waals surface area (Å²) in [5.74, 6) is 4.57. The van der Waals surface area contributed by atoms with Crippen molar-refractivity contribution in [1.82, 2.24) is 10.7 Å². The van der Waals surface area contributed by atoms with E-state index in [1.165, 1.54) is 0 Å². The molecular weight excluding hydrogens is 89.0 g/mol. The summed E-state index contributed by atoms with van der Waals surface area (Å²) in [6.45, 7) is 0. The van der Waals surface area contributed by atoms with Crippen LogP contribution >= 0.6 is 8.61 Å². The summed E-state index contributed by atoms with van der Waals surface area (Å²) in [6.07, 6.45) is 0. The highest BCUT2D eigenvalue weighted by molar-refractivity contribution is 7.20. The first-order valence-electron chi connectivity index (χ1n) is 0.945. The largest absolute Gasteiger partial charge is 0.262 e. The van der Waals surface area contributed by atoms with Crippen molar-refractivity contribution in [1.29, 1.82) is 0 Å². The molecule has 0 aliphatic rings. The van der Waals surface area contributed by atoms with Gasteiger partial charge in [0.25, 0.3) is 8.61 Å². The van der Waals surface area contributed by atoms with Gasteiger partial charge in [-0.1, -0.05) is 0 Å². The Morgan fingerprint density at radius 2 is 2.40 bits per heavy atom. The summed E-state index contributed by atoms with van der Waals surface area (Å²) in [6, 6.07) is 0. The predicted molar refractivity (Wildman–Crippen MR) is 18.1 cm³/mol. The Kier molecular flexibility index (Phi) is 3.96. The van der Waals surface area contributed by atoms with Gasteiger partial charge in [0.1, 0.15) is 0 Å². The van der Waals surface area contributed by atoms with Crippen molar-refractivity contribution in [3.63, 3.8) is 0 Å². The molecule has 0 fully saturated rings. The fraction of sp³-hybridized carbons (Fsp3) is 0. The molecule has 0 aliphatic carbocycles. The van der Waals surface area contributed by atoms with E-state index in [4.69, 9.17) is 0 Å². The number of hydrazine groups is 2. The van der Waals surface area contributed by atoms with E-state index in [-0.39, 0.29) is 8.61 Å².